The molecule has 1 aliphatic rings. The Morgan fingerprint density at radius 1 is 0.897 bits per heavy atom. The van der Waals surface area contributed by atoms with Crippen LogP contribution in [-0.4, -0.2) is 16.8 Å². The van der Waals surface area contributed by atoms with Crippen LogP contribution in [0.3, 0.4) is 0 Å². The van der Waals surface area contributed by atoms with Gasteiger partial charge in [0.25, 0.3) is 5.91 Å². The van der Waals surface area contributed by atoms with Crippen LogP contribution in [0.15, 0.2) is 72.9 Å². The van der Waals surface area contributed by atoms with Gasteiger partial charge in [-0.15, -0.1) is 0 Å². The van der Waals surface area contributed by atoms with Crippen LogP contribution in [-0.2, 0) is 11.4 Å². The zero-order chi connectivity index (χ0) is 20.1. The SMILES string of the molecule is O=C(Nc1ccc(OCc2ccccc2)nc1)c1ccc(NC(=O)C2CC2)cc1. The molecule has 4 rings (SSSR count). The summed E-state index contributed by atoms with van der Waals surface area (Å²) in [6.07, 6.45) is 3.47. The zero-order valence-corrected chi connectivity index (χ0v) is 15.8. The number of nitrogens with one attached hydrogen (secondary N) is 2. The van der Waals surface area contributed by atoms with E-state index >= 15 is 0 Å². The Hall–Kier alpha value is -3.67. The van der Waals surface area contributed by atoms with E-state index in [4.69, 9.17) is 4.74 Å². The van der Waals surface area contributed by atoms with Crippen LogP contribution in [0, 0.1) is 5.92 Å². The molecule has 2 amide bonds. The third-order valence-corrected chi connectivity index (χ3v) is 4.59. The second-order valence-corrected chi connectivity index (χ2v) is 6.95. The molecule has 0 saturated heterocycles. The molecule has 0 aliphatic heterocycles. The van der Waals surface area contributed by atoms with E-state index in [0.29, 0.717) is 29.4 Å². The first-order chi connectivity index (χ1) is 14.2. The fourth-order valence-corrected chi connectivity index (χ4v) is 2.77. The van der Waals surface area contributed by atoms with Gasteiger partial charge in [0.15, 0.2) is 0 Å². The Morgan fingerprint density at radius 3 is 2.28 bits per heavy atom. The van der Waals surface area contributed by atoms with Gasteiger partial charge in [-0.3, -0.25) is 9.59 Å². The fourth-order valence-electron chi connectivity index (χ4n) is 2.77. The topological polar surface area (TPSA) is 80.3 Å². The number of hydrogen-bond donors (Lipinski definition) is 2. The maximum Gasteiger partial charge on any atom is 0.255 e. The fraction of sp³-hybridized carbons (Fsp3) is 0.174. The third-order valence-electron chi connectivity index (χ3n) is 4.59. The number of ether oxygens (including phenoxy) is 1. The lowest BCUT2D eigenvalue weighted by molar-refractivity contribution is -0.117. The number of benzene rings is 2. The molecule has 0 radical (unpaired) electrons. The molecule has 1 heterocycles. The Bertz CT molecular complexity index is 982. The van der Waals surface area contributed by atoms with E-state index in [1.165, 1.54) is 0 Å². The normalized spacial score (nSPS) is 12.8. The molecule has 6 nitrogen and oxygen atoms in total. The highest BCUT2D eigenvalue weighted by molar-refractivity contribution is 6.04. The third kappa shape index (κ3) is 5.19. The summed E-state index contributed by atoms with van der Waals surface area (Å²) >= 11 is 0. The number of aromatic nitrogens is 1. The van der Waals surface area contributed by atoms with Crippen LogP contribution in [0.4, 0.5) is 11.4 Å². The van der Waals surface area contributed by atoms with E-state index in [0.717, 1.165) is 18.4 Å². The van der Waals surface area contributed by atoms with Gasteiger partial charge in [0.1, 0.15) is 6.61 Å². The number of rotatable bonds is 7. The molecule has 0 spiro atoms. The zero-order valence-electron chi connectivity index (χ0n) is 15.8. The van der Waals surface area contributed by atoms with Gasteiger partial charge < -0.3 is 15.4 Å². The Kier molecular flexibility index (Phi) is 5.52. The molecular formula is C23H21N3O3. The van der Waals surface area contributed by atoms with Crippen molar-refractivity contribution in [3.63, 3.8) is 0 Å². The van der Waals surface area contributed by atoms with E-state index in [9.17, 15) is 9.59 Å². The maximum atomic E-state index is 12.4. The van der Waals surface area contributed by atoms with Crippen LogP contribution in [0.2, 0.25) is 0 Å². The standard InChI is InChI=1S/C23H21N3O3/c27-22(17-6-7-17)25-19-10-8-18(9-11-19)23(28)26-20-12-13-21(24-14-20)29-15-16-4-2-1-3-5-16/h1-5,8-14,17H,6-7,15H2,(H,25,27)(H,26,28). The van der Waals surface area contributed by atoms with Gasteiger partial charge in [-0.25, -0.2) is 4.98 Å². The van der Waals surface area contributed by atoms with Gasteiger partial charge in [0.05, 0.1) is 11.9 Å². The van der Waals surface area contributed by atoms with Crippen molar-refractivity contribution in [3.8, 4) is 5.88 Å². The number of pyridine rings is 1. The molecule has 1 aliphatic carbocycles. The van der Waals surface area contributed by atoms with Gasteiger partial charge in [-0.2, -0.15) is 0 Å². The van der Waals surface area contributed by atoms with Gasteiger partial charge in [-0.05, 0) is 48.7 Å². The van der Waals surface area contributed by atoms with Crippen molar-refractivity contribution in [2.24, 2.45) is 5.92 Å². The second-order valence-electron chi connectivity index (χ2n) is 6.95. The van der Waals surface area contributed by atoms with E-state index in [2.05, 4.69) is 15.6 Å². The summed E-state index contributed by atoms with van der Waals surface area (Å²) in [5.41, 5.74) is 2.83. The smallest absolute Gasteiger partial charge is 0.255 e. The van der Waals surface area contributed by atoms with Crippen molar-refractivity contribution in [3.05, 3.63) is 84.1 Å². The molecule has 3 aromatic rings. The Morgan fingerprint density at radius 2 is 1.62 bits per heavy atom. The van der Waals surface area contributed by atoms with E-state index in [-0.39, 0.29) is 17.7 Å². The molecule has 0 bridgehead atoms. The van der Waals surface area contributed by atoms with E-state index in [1.54, 1.807) is 42.6 Å². The van der Waals surface area contributed by atoms with Crippen LogP contribution >= 0.6 is 0 Å². The molecule has 146 valence electrons. The molecule has 0 unspecified atom stereocenters. The van der Waals surface area contributed by atoms with Crippen LogP contribution < -0.4 is 15.4 Å². The molecule has 29 heavy (non-hydrogen) atoms. The lowest BCUT2D eigenvalue weighted by Gasteiger charge is -2.08. The first-order valence-corrected chi connectivity index (χ1v) is 9.52. The minimum atomic E-state index is -0.246. The van der Waals surface area contributed by atoms with Crippen molar-refractivity contribution < 1.29 is 14.3 Å². The number of nitrogens with zero attached hydrogens (tertiary/aromatic N) is 1. The number of hydrogen-bond acceptors (Lipinski definition) is 4. The quantitative estimate of drug-likeness (QED) is 0.635. The first-order valence-electron chi connectivity index (χ1n) is 9.52. The predicted molar refractivity (Wildman–Crippen MR) is 111 cm³/mol. The molecular weight excluding hydrogens is 366 g/mol. The average molecular weight is 387 g/mol. The second kappa shape index (κ2) is 8.56. The molecule has 1 fully saturated rings. The van der Waals surface area contributed by atoms with Gasteiger partial charge in [-0.1, -0.05) is 30.3 Å². The summed E-state index contributed by atoms with van der Waals surface area (Å²) in [6, 6.07) is 20.1. The Labute approximate surface area is 168 Å². The summed E-state index contributed by atoms with van der Waals surface area (Å²) in [5.74, 6) is 0.431. The minimum Gasteiger partial charge on any atom is -0.473 e. The largest absolute Gasteiger partial charge is 0.473 e. The van der Waals surface area contributed by atoms with Crippen LogP contribution in [0.1, 0.15) is 28.8 Å². The van der Waals surface area contributed by atoms with E-state index in [1.807, 2.05) is 30.3 Å². The van der Waals surface area contributed by atoms with Crippen molar-refractivity contribution in [2.45, 2.75) is 19.4 Å². The lowest BCUT2D eigenvalue weighted by Crippen LogP contribution is -2.14. The molecule has 1 saturated carbocycles. The van der Waals surface area contributed by atoms with E-state index < -0.39 is 0 Å². The molecule has 1 aromatic heterocycles. The van der Waals surface area contributed by atoms with Crippen molar-refractivity contribution in [1.29, 1.82) is 0 Å². The van der Waals surface area contributed by atoms with Gasteiger partial charge >= 0.3 is 0 Å². The highest BCUT2D eigenvalue weighted by atomic mass is 16.5. The highest BCUT2D eigenvalue weighted by Gasteiger charge is 2.29. The number of amides is 2. The number of carbonyl (C=O) groups is 2. The summed E-state index contributed by atoms with van der Waals surface area (Å²) in [6.45, 7) is 0.434. The van der Waals surface area contributed by atoms with Crippen molar-refractivity contribution >= 4 is 23.2 Å². The first kappa shape index (κ1) is 18.7. The Balaban J connectivity index is 1.30. The molecule has 0 atom stereocenters. The molecule has 2 N–H and O–H groups in total. The monoisotopic (exact) mass is 387 g/mol. The summed E-state index contributed by atoms with van der Waals surface area (Å²) in [7, 11) is 0. The molecule has 6 heteroatoms. The van der Waals surface area contributed by atoms with Crippen LogP contribution in [0.25, 0.3) is 0 Å². The number of carbonyl (C=O) groups excluding carboxylic acids is 2. The predicted octanol–water partition coefficient (Wildman–Crippen LogP) is 4.26. The molecule has 2 aromatic carbocycles. The maximum absolute atomic E-state index is 12.4. The van der Waals surface area contributed by atoms with Gasteiger partial charge in [0.2, 0.25) is 11.8 Å². The van der Waals surface area contributed by atoms with Crippen molar-refractivity contribution in [1.82, 2.24) is 4.98 Å². The van der Waals surface area contributed by atoms with Gasteiger partial charge in [0, 0.05) is 23.2 Å². The summed E-state index contributed by atoms with van der Waals surface area (Å²) < 4.78 is 5.64. The minimum absolute atomic E-state index is 0.0443. The summed E-state index contributed by atoms with van der Waals surface area (Å²) in [4.78, 5) is 28.4. The lowest BCUT2D eigenvalue weighted by atomic mass is 10.2. The summed E-state index contributed by atoms with van der Waals surface area (Å²) in [5, 5.41) is 5.66. The average Bonchev–Trinajstić information content (AvgIpc) is 3.60. The van der Waals surface area contributed by atoms with Crippen LogP contribution in [0.5, 0.6) is 5.88 Å². The van der Waals surface area contributed by atoms with Crippen molar-refractivity contribution in [2.75, 3.05) is 10.6 Å². The number of anilines is 2. The highest BCUT2D eigenvalue weighted by Crippen LogP contribution is 2.30.